The molecule has 2 aromatic rings. The molecule has 0 amide bonds. The van der Waals surface area contributed by atoms with Gasteiger partial charge in [0.2, 0.25) is 0 Å². The van der Waals surface area contributed by atoms with Gasteiger partial charge in [0, 0.05) is 38.4 Å². The van der Waals surface area contributed by atoms with Crippen molar-refractivity contribution in [1.29, 1.82) is 0 Å². The summed E-state index contributed by atoms with van der Waals surface area (Å²) in [6.07, 6.45) is 1.06. The van der Waals surface area contributed by atoms with Gasteiger partial charge in [0.15, 0.2) is 5.11 Å². The molecule has 0 bridgehead atoms. The Hall–Kier alpha value is -2.15. The lowest BCUT2D eigenvalue weighted by molar-refractivity contribution is 0.0368. The molecule has 1 saturated heterocycles. The fourth-order valence-corrected chi connectivity index (χ4v) is 3.81. The molecular formula is C24H33N3O2S. The molecular weight excluding hydrogens is 394 g/mol. The molecule has 162 valence electrons. The van der Waals surface area contributed by atoms with Crippen molar-refractivity contribution in [3.63, 3.8) is 0 Å². The first-order valence-corrected chi connectivity index (χ1v) is 11.2. The van der Waals surface area contributed by atoms with Crippen molar-refractivity contribution < 1.29 is 9.47 Å². The summed E-state index contributed by atoms with van der Waals surface area (Å²) in [6.45, 7) is 11.2. The number of aryl methyl sites for hydroxylation is 1. The lowest BCUT2D eigenvalue weighted by Gasteiger charge is -2.30. The van der Waals surface area contributed by atoms with Gasteiger partial charge >= 0.3 is 0 Å². The van der Waals surface area contributed by atoms with Gasteiger partial charge in [0.1, 0.15) is 5.75 Å². The van der Waals surface area contributed by atoms with Gasteiger partial charge < -0.3 is 19.7 Å². The molecule has 6 heteroatoms. The molecule has 1 aliphatic rings. The highest BCUT2D eigenvalue weighted by atomic mass is 32.1. The van der Waals surface area contributed by atoms with Gasteiger partial charge in [-0.2, -0.15) is 0 Å². The predicted molar refractivity (Wildman–Crippen MR) is 127 cm³/mol. The monoisotopic (exact) mass is 427 g/mol. The van der Waals surface area contributed by atoms with E-state index in [0.29, 0.717) is 6.61 Å². The van der Waals surface area contributed by atoms with Crippen molar-refractivity contribution in [1.82, 2.24) is 9.80 Å². The van der Waals surface area contributed by atoms with Crippen LogP contribution < -0.4 is 10.1 Å². The number of hydrogen-bond donors (Lipinski definition) is 1. The zero-order valence-electron chi connectivity index (χ0n) is 18.1. The Balaban J connectivity index is 1.63. The van der Waals surface area contributed by atoms with Gasteiger partial charge in [-0.1, -0.05) is 30.3 Å². The Morgan fingerprint density at radius 1 is 1.13 bits per heavy atom. The topological polar surface area (TPSA) is 37.0 Å². The van der Waals surface area contributed by atoms with E-state index in [1.54, 1.807) is 0 Å². The molecule has 0 aromatic heterocycles. The highest BCUT2D eigenvalue weighted by molar-refractivity contribution is 7.80. The van der Waals surface area contributed by atoms with Crippen molar-refractivity contribution in [3.8, 4) is 5.75 Å². The second-order valence-corrected chi connectivity index (χ2v) is 7.94. The van der Waals surface area contributed by atoms with Gasteiger partial charge in [0.05, 0.1) is 19.8 Å². The maximum atomic E-state index is 5.81. The minimum atomic E-state index is 0.678. The number of nitrogens with one attached hydrogen (secondary N) is 1. The Morgan fingerprint density at radius 2 is 1.87 bits per heavy atom. The molecule has 1 heterocycles. The lowest BCUT2D eigenvalue weighted by Crippen LogP contribution is -2.40. The Kier molecular flexibility index (Phi) is 8.93. The smallest absolute Gasteiger partial charge is 0.173 e. The van der Waals surface area contributed by atoms with Crippen LogP contribution >= 0.6 is 12.2 Å². The summed E-state index contributed by atoms with van der Waals surface area (Å²) in [7, 11) is 0. The van der Waals surface area contributed by atoms with Gasteiger partial charge in [-0.25, -0.2) is 0 Å². The zero-order chi connectivity index (χ0) is 21.2. The van der Waals surface area contributed by atoms with E-state index in [2.05, 4.69) is 46.3 Å². The summed E-state index contributed by atoms with van der Waals surface area (Å²) < 4.78 is 11.0. The Labute approximate surface area is 186 Å². The molecule has 1 aliphatic heterocycles. The number of thiocarbonyl (C=S) groups is 1. The van der Waals surface area contributed by atoms with Gasteiger partial charge in [-0.05, 0) is 61.8 Å². The van der Waals surface area contributed by atoms with E-state index >= 15 is 0 Å². The van der Waals surface area contributed by atoms with Crippen LogP contribution in [-0.4, -0.2) is 60.9 Å². The first-order chi connectivity index (χ1) is 14.7. The second-order valence-electron chi connectivity index (χ2n) is 7.55. The van der Waals surface area contributed by atoms with Crippen LogP contribution in [-0.2, 0) is 11.3 Å². The summed E-state index contributed by atoms with van der Waals surface area (Å²) >= 11 is 5.81. The van der Waals surface area contributed by atoms with Crippen LogP contribution in [0.2, 0.25) is 0 Å². The second kappa shape index (κ2) is 11.9. The molecule has 30 heavy (non-hydrogen) atoms. The molecule has 1 fully saturated rings. The summed E-state index contributed by atoms with van der Waals surface area (Å²) in [6, 6.07) is 16.6. The van der Waals surface area contributed by atoms with E-state index in [4.69, 9.17) is 21.7 Å². The van der Waals surface area contributed by atoms with E-state index in [0.717, 1.165) is 68.9 Å². The SMILES string of the molecule is CCOc1ccc(CN(CCCN2CCOCC2)C(=S)Nc2ccccc2C)cc1. The van der Waals surface area contributed by atoms with Crippen LogP contribution in [0.3, 0.4) is 0 Å². The van der Waals surface area contributed by atoms with Crippen LogP contribution in [0, 0.1) is 6.92 Å². The molecule has 3 rings (SSSR count). The Morgan fingerprint density at radius 3 is 2.57 bits per heavy atom. The molecule has 5 nitrogen and oxygen atoms in total. The van der Waals surface area contributed by atoms with E-state index in [-0.39, 0.29) is 0 Å². The van der Waals surface area contributed by atoms with Crippen LogP contribution in [0.4, 0.5) is 5.69 Å². The fraction of sp³-hybridized carbons (Fsp3) is 0.458. The minimum absolute atomic E-state index is 0.678. The van der Waals surface area contributed by atoms with Crippen molar-refractivity contribution in [2.75, 3.05) is 51.3 Å². The number of hydrogen-bond acceptors (Lipinski definition) is 4. The summed E-state index contributed by atoms with van der Waals surface area (Å²) in [4.78, 5) is 4.73. The van der Waals surface area contributed by atoms with Gasteiger partial charge in [-0.3, -0.25) is 4.90 Å². The van der Waals surface area contributed by atoms with E-state index < -0.39 is 0 Å². The van der Waals surface area contributed by atoms with E-state index in [1.807, 2.05) is 31.2 Å². The standard InChI is InChI=1S/C24H33N3O2S/c1-3-29-22-11-9-21(10-12-22)19-27(14-6-13-26-15-17-28-18-16-26)24(30)25-23-8-5-4-7-20(23)2/h4-5,7-12H,3,6,13-19H2,1-2H3,(H,25,30). The molecule has 2 aromatic carbocycles. The average Bonchev–Trinajstić information content (AvgIpc) is 2.77. The largest absolute Gasteiger partial charge is 0.494 e. The zero-order valence-corrected chi connectivity index (χ0v) is 18.9. The third kappa shape index (κ3) is 6.97. The molecule has 1 N–H and O–H groups in total. The Bertz CT molecular complexity index is 791. The summed E-state index contributed by atoms with van der Waals surface area (Å²) in [5, 5.41) is 4.21. The van der Waals surface area contributed by atoms with Gasteiger partial charge in [0.25, 0.3) is 0 Å². The highest BCUT2D eigenvalue weighted by Crippen LogP contribution is 2.17. The average molecular weight is 428 g/mol. The molecule has 0 unspecified atom stereocenters. The molecule has 0 aliphatic carbocycles. The number of benzene rings is 2. The number of morpholine rings is 1. The number of ether oxygens (including phenoxy) is 2. The van der Waals surface area contributed by atoms with E-state index in [1.165, 1.54) is 11.1 Å². The van der Waals surface area contributed by atoms with Crippen LogP contribution in [0.25, 0.3) is 0 Å². The van der Waals surface area contributed by atoms with Gasteiger partial charge in [-0.15, -0.1) is 0 Å². The summed E-state index contributed by atoms with van der Waals surface area (Å²) in [5.74, 6) is 0.903. The number of para-hydroxylation sites is 1. The third-order valence-corrected chi connectivity index (χ3v) is 5.65. The number of rotatable bonds is 9. The normalized spacial score (nSPS) is 14.3. The predicted octanol–water partition coefficient (Wildman–Crippen LogP) is 4.32. The number of nitrogens with zero attached hydrogens (tertiary/aromatic N) is 2. The van der Waals surface area contributed by atoms with Crippen molar-refractivity contribution in [2.24, 2.45) is 0 Å². The first-order valence-electron chi connectivity index (χ1n) is 10.8. The fourth-order valence-electron chi connectivity index (χ4n) is 3.55. The van der Waals surface area contributed by atoms with Crippen LogP contribution in [0.15, 0.2) is 48.5 Å². The van der Waals surface area contributed by atoms with Crippen molar-refractivity contribution >= 4 is 23.0 Å². The first kappa shape index (κ1) is 22.5. The lowest BCUT2D eigenvalue weighted by atomic mass is 10.2. The maximum absolute atomic E-state index is 5.81. The van der Waals surface area contributed by atoms with Crippen LogP contribution in [0.5, 0.6) is 5.75 Å². The minimum Gasteiger partial charge on any atom is -0.494 e. The third-order valence-electron chi connectivity index (χ3n) is 5.29. The molecule has 0 spiro atoms. The maximum Gasteiger partial charge on any atom is 0.173 e. The highest BCUT2D eigenvalue weighted by Gasteiger charge is 2.14. The van der Waals surface area contributed by atoms with Crippen LogP contribution in [0.1, 0.15) is 24.5 Å². The molecule has 0 saturated carbocycles. The molecule has 0 atom stereocenters. The van der Waals surface area contributed by atoms with Crippen molar-refractivity contribution in [2.45, 2.75) is 26.8 Å². The summed E-state index contributed by atoms with van der Waals surface area (Å²) in [5.41, 5.74) is 3.47. The van der Waals surface area contributed by atoms with E-state index in [9.17, 15) is 0 Å². The number of anilines is 1. The van der Waals surface area contributed by atoms with Crippen molar-refractivity contribution in [3.05, 3.63) is 59.7 Å². The molecule has 0 radical (unpaired) electrons. The quantitative estimate of drug-likeness (QED) is 0.601.